The van der Waals surface area contributed by atoms with Crippen molar-refractivity contribution in [2.24, 2.45) is 11.3 Å². The molecule has 2 saturated carbocycles. The van der Waals surface area contributed by atoms with Crippen LogP contribution < -0.4 is 10.2 Å². The van der Waals surface area contributed by atoms with Gasteiger partial charge in [-0.3, -0.25) is 9.59 Å². The molecule has 0 bridgehead atoms. The zero-order valence-electron chi connectivity index (χ0n) is 24.2. The van der Waals surface area contributed by atoms with Crippen LogP contribution in [0.15, 0.2) is 42.7 Å². The highest BCUT2D eigenvalue weighted by molar-refractivity contribution is 6.09. The van der Waals surface area contributed by atoms with Crippen LogP contribution in [0.3, 0.4) is 0 Å². The molecule has 2 aliphatic heterocycles. The number of carbonyl (C=O) groups is 2. The standard InChI is InChI=1S/C31H32F2N8O3/c1-18-2-3-20(26-36-25-13-38(8-9-41(25)37-26)28(43)19-4-5-19)10-23(18)35-27(42)22-12-34-40-7-6-21(11-24(22)40)39-16-30(17-39)14-31(44,15-30)29(32)33/h2-3,6-7,10-12,19,29,44H,4-5,8-9,13-17H2,1H3,(H,35,42). The van der Waals surface area contributed by atoms with E-state index < -0.39 is 12.0 Å². The van der Waals surface area contributed by atoms with E-state index in [1.165, 1.54) is 6.20 Å². The highest BCUT2D eigenvalue weighted by Gasteiger charge is 2.63. The second-order valence-electron chi connectivity index (χ2n) is 13.0. The minimum absolute atomic E-state index is 0.102. The van der Waals surface area contributed by atoms with Crippen molar-refractivity contribution >= 4 is 28.7 Å². The van der Waals surface area contributed by atoms with Crippen LogP contribution in [0, 0.1) is 18.3 Å². The predicted octanol–water partition coefficient (Wildman–Crippen LogP) is 3.50. The van der Waals surface area contributed by atoms with E-state index in [-0.39, 0.29) is 36.0 Å². The molecule has 1 aromatic carbocycles. The number of alkyl halides is 2. The lowest BCUT2D eigenvalue weighted by atomic mass is 9.55. The first kappa shape index (κ1) is 27.2. The number of halogens is 2. The first-order chi connectivity index (χ1) is 21.1. The fourth-order valence-corrected chi connectivity index (χ4v) is 7.03. The summed E-state index contributed by atoms with van der Waals surface area (Å²) in [7, 11) is 0. The van der Waals surface area contributed by atoms with Crippen LogP contribution in [0.1, 0.15) is 47.4 Å². The van der Waals surface area contributed by atoms with Crippen molar-refractivity contribution in [2.45, 2.75) is 57.7 Å². The first-order valence-electron chi connectivity index (χ1n) is 15.0. The van der Waals surface area contributed by atoms with Gasteiger partial charge in [0, 0.05) is 54.1 Å². The van der Waals surface area contributed by atoms with Crippen molar-refractivity contribution in [1.82, 2.24) is 29.3 Å². The number of aromatic nitrogens is 5. The maximum absolute atomic E-state index is 13.5. The van der Waals surface area contributed by atoms with Gasteiger partial charge in [-0.1, -0.05) is 12.1 Å². The highest BCUT2D eigenvalue weighted by Crippen LogP contribution is 2.56. The molecule has 0 unspecified atom stereocenters. The number of fused-ring (bicyclic) bond motifs is 2. The molecule has 13 heteroatoms. The van der Waals surface area contributed by atoms with E-state index in [0.29, 0.717) is 55.3 Å². The van der Waals surface area contributed by atoms with Gasteiger partial charge >= 0.3 is 0 Å². The topological polar surface area (TPSA) is 121 Å². The third kappa shape index (κ3) is 4.44. The van der Waals surface area contributed by atoms with Crippen molar-refractivity contribution in [3.8, 4) is 11.4 Å². The molecule has 0 radical (unpaired) electrons. The summed E-state index contributed by atoms with van der Waals surface area (Å²) in [5.41, 5.74) is 2.01. The minimum atomic E-state index is -2.73. The van der Waals surface area contributed by atoms with E-state index >= 15 is 0 Å². The molecule has 1 saturated heterocycles. The van der Waals surface area contributed by atoms with Gasteiger partial charge in [0.05, 0.1) is 30.4 Å². The van der Waals surface area contributed by atoms with Crippen LogP contribution in [0.25, 0.3) is 16.9 Å². The molecule has 2 amide bonds. The Morgan fingerprint density at radius 1 is 1.11 bits per heavy atom. The summed E-state index contributed by atoms with van der Waals surface area (Å²) in [5.74, 6) is 1.35. The number of aryl methyl sites for hydroxylation is 1. The van der Waals surface area contributed by atoms with Gasteiger partial charge in [0.15, 0.2) is 5.82 Å². The number of amides is 2. The number of nitrogens with one attached hydrogen (secondary N) is 1. The third-order valence-electron chi connectivity index (χ3n) is 9.58. The van der Waals surface area contributed by atoms with Crippen LogP contribution in [0.5, 0.6) is 0 Å². The molecule has 11 nitrogen and oxygen atoms in total. The van der Waals surface area contributed by atoms with E-state index in [0.717, 1.165) is 35.5 Å². The van der Waals surface area contributed by atoms with E-state index in [1.807, 2.05) is 46.8 Å². The second-order valence-corrected chi connectivity index (χ2v) is 13.0. The van der Waals surface area contributed by atoms with Crippen LogP contribution in [-0.2, 0) is 17.9 Å². The normalized spacial score (nSPS) is 20.0. The lowest BCUT2D eigenvalue weighted by Gasteiger charge is -2.62. The van der Waals surface area contributed by atoms with Crippen LogP contribution >= 0.6 is 0 Å². The Morgan fingerprint density at radius 2 is 1.91 bits per heavy atom. The van der Waals surface area contributed by atoms with Crippen molar-refractivity contribution in [3.63, 3.8) is 0 Å². The molecular weight excluding hydrogens is 570 g/mol. The molecule has 4 aromatic rings. The van der Waals surface area contributed by atoms with Gasteiger partial charge in [-0.15, -0.1) is 0 Å². The van der Waals surface area contributed by atoms with E-state index in [9.17, 15) is 23.5 Å². The summed E-state index contributed by atoms with van der Waals surface area (Å²) >= 11 is 0. The quantitative estimate of drug-likeness (QED) is 0.347. The maximum atomic E-state index is 13.5. The number of anilines is 2. The van der Waals surface area contributed by atoms with Gasteiger partial charge in [-0.2, -0.15) is 10.2 Å². The third-order valence-corrected chi connectivity index (χ3v) is 9.58. The minimum Gasteiger partial charge on any atom is -0.384 e. The van der Waals surface area contributed by atoms with Crippen molar-refractivity contribution in [3.05, 3.63) is 59.7 Å². The summed E-state index contributed by atoms with van der Waals surface area (Å²) in [6.45, 7) is 4.76. The number of aliphatic hydroxyl groups is 1. The molecule has 2 aliphatic carbocycles. The summed E-state index contributed by atoms with van der Waals surface area (Å²) in [5, 5.41) is 22.1. The number of hydrogen-bond acceptors (Lipinski definition) is 7. The Balaban J connectivity index is 0.983. The predicted molar refractivity (Wildman–Crippen MR) is 156 cm³/mol. The zero-order chi connectivity index (χ0) is 30.4. The average molecular weight is 603 g/mol. The van der Waals surface area contributed by atoms with Gasteiger partial charge < -0.3 is 20.2 Å². The van der Waals surface area contributed by atoms with Crippen LogP contribution in [0.2, 0.25) is 0 Å². The number of nitrogens with zero attached hydrogens (tertiary/aromatic N) is 7. The maximum Gasteiger partial charge on any atom is 0.266 e. The molecule has 0 atom stereocenters. The number of carbonyl (C=O) groups excluding carboxylic acids is 2. The van der Waals surface area contributed by atoms with Crippen LogP contribution in [-0.4, -0.2) is 77.9 Å². The largest absolute Gasteiger partial charge is 0.384 e. The van der Waals surface area contributed by atoms with Gasteiger partial charge in [-0.25, -0.2) is 23.0 Å². The Bertz CT molecular complexity index is 1820. The number of benzene rings is 1. The SMILES string of the molecule is Cc1ccc(-c2nc3n(n2)CCN(C(=O)C2CC2)C3)cc1NC(=O)c1cnn2ccc(N3CC4(C3)CC(O)(C(F)F)C4)cc12. The molecule has 2 N–H and O–H groups in total. The van der Waals surface area contributed by atoms with E-state index in [1.54, 1.807) is 10.7 Å². The molecule has 4 aliphatic rings. The Labute approximate surface area is 251 Å². The lowest BCUT2D eigenvalue weighted by molar-refractivity contribution is -0.209. The summed E-state index contributed by atoms with van der Waals surface area (Å²) < 4.78 is 29.7. The number of pyridine rings is 1. The number of hydrogen-bond donors (Lipinski definition) is 2. The number of rotatable bonds is 6. The first-order valence-corrected chi connectivity index (χ1v) is 15.0. The van der Waals surface area contributed by atoms with Crippen molar-refractivity contribution in [1.29, 1.82) is 0 Å². The highest BCUT2D eigenvalue weighted by atomic mass is 19.3. The van der Waals surface area contributed by atoms with Crippen molar-refractivity contribution < 1.29 is 23.5 Å². The molecule has 228 valence electrons. The molecule has 8 rings (SSSR count). The molecule has 44 heavy (non-hydrogen) atoms. The zero-order valence-corrected chi connectivity index (χ0v) is 24.2. The molecule has 3 fully saturated rings. The molecular formula is C31H32F2N8O3. The van der Waals surface area contributed by atoms with Gasteiger partial charge in [0.1, 0.15) is 11.4 Å². The fourth-order valence-electron chi connectivity index (χ4n) is 7.03. The summed E-state index contributed by atoms with van der Waals surface area (Å²) in [6.07, 6.45) is 2.72. The monoisotopic (exact) mass is 602 g/mol. The van der Waals surface area contributed by atoms with E-state index in [2.05, 4.69) is 20.4 Å². The second kappa shape index (κ2) is 9.55. The van der Waals surface area contributed by atoms with Crippen LogP contribution in [0.4, 0.5) is 20.2 Å². The summed E-state index contributed by atoms with van der Waals surface area (Å²) in [6, 6.07) is 9.46. The van der Waals surface area contributed by atoms with Crippen molar-refractivity contribution in [2.75, 3.05) is 29.9 Å². The molecule has 3 aromatic heterocycles. The van der Waals surface area contributed by atoms with Gasteiger partial charge in [0.2, 0.25) is 5.91 Å². The van der Waals surface area contributed by atoms with Gasteiger partial charge in [-0.05, 0) is 56.4 Å². The summed E-state index contributed by atoms with van der Waals surface area (Å²) in [4.78, 5) is 34.7. The fraction of sp³-hybridized carbons (Fsp3) is 0.452. The molecule has 1 spiro atoms. The smallest absolute Gasteiger partial charge is 0.266 e. The lowest BCUT2D eigenvalue weighted by Crippen LogP contribution is -2.70. The average Bonchev–Trinajstić information content (AvgIpc) is 3.59. The Morgan fingerprint density at radius 3 is 2.66 bits per heavy atom. The van der Waals surface area contributed by atoms with E-state index in [4.69, 9.17) is 4.98 Å². The Hall–Kier alpha value is -4.39. The Kier molecular flexibility index (Phi) is 5.90. The van der Waals surface area contributed by atoms with Gasteiger partial charge in [0.25, 0.3) is 12.3 Å². The molecule has 5 heterocycles.